The van der Waals surface area contributed by atoms with Crippen LogP contribution in [-0.4, -0.2) is 33.9 Å². The standard InChI is InChI=1S/C28H24O5/c1-16-21-11-7-18-15-20(31-3)10-12-22(18)25(21)27-26(24(16)28(29)32-4)23(13-14-33-27)17-5-8-19(30-2)9-6-17/h5-13,15H,14H2,1-4H3. The van der Waals surface area contributed by atoms with Crippen LogP contribution in [-0.2, 0) is 4.74 Å². The Morgan fingerprint density at radius 2 is 1.58 bits per heavy atom. The fraction of sp³-hybridized carbons (Fsp3) is 0.179. The van der Waals surface area contributed by atoms with Crippen LogP contribution in [0.5, 0.6) is 17.2 Å². The third-order valence-electron chi connectivity index (χ3n) is 6.29. The molecule has 1 aliphatic heterocycles. The number of aryl methyl sites for hydroxylation is 1. The Bertz CT molecular complexity index is 1430. The van der Waals surface area contributed by atoms with Gasteiger partial charge in [0.1, 0.15) is 23.9 Å². The van der Waals surface area contributed by atoms with E-state index >= 15 is 0 Å². The first-order valence-electron chi connectivity index (χ1n) is 10.7. The van der Waals surface area contributed by atoms with Crippen molar-refractivity contribution in [3.8, 4) is 17.2 Å². The number of hydrogen-bond donors (Lipinski definition) is 0. The van der Waals surface area contributed by atoms with Gasteiger partial charge in [-0.15, -0.1) is 0 Å². The van der Waals surface area contributed by atoms with E-state index < -0.39 is 0 Å². The van der Waals surface area contributed by atoms with Crippen molar-refractivity contribution in [3.63, 3.8) is 0 Å². The maximum atomic E-state index is 13.0. The maximum absolute atomic E-state index is 13.0. The van der Waals surface area contributed by atoms with Gasteiger partial charge in [0.15, 0.2) is 0 Å². The van der Waals surface area contributed by atoms with Crippen molar-refractivity contribution in [2.45, 2.75) is 6.92 Å². The second kappa shape index (κ2) is 8.17. The molecule has 1 aliphatic rings. The molecule has 0 atom stereocenters. The summed E-state index contributed by atoms with van der Waals surface area (Å²) in [5.74, 6) is 1.87. The molecule has 5 rings (SSSR count). The van der Waals surface area contributed by atoms with Crippen molar-refractivity contribution in [1.29, 1.82) is 0 Å². The molecule has 0 bridgehead atoms. The van der Waals surface area contributed by atoms with E-state index in [1.807, 2.05) is 67.6 Å². The van der Waals surface area contributed by atoms with Crippen LogP contribution in [0, 0.1) is 6.92 Å². The predicted molar refractivity (Wildman–Crippen MR) is 130 cm³/mol. The summed E-state index contributed by atoms with van der Waals surface area (Å²) in [5, 5.41) is 4.02. The van der Waals surface area contributed by atoms with E-state index in [-0.39, 0.29) is 5.97 Å². The molecule has 0 aliphatic carbocycles. The Labute approximate surface area is 192 Å². The van der Waals surface area contributed by atoms with E-state index in [1.165, 1.54) is 7.11 Å². The maximum Gasteiger partial charge on any atom is 0.338 e. The SMILES string of the molecule is COC(=O)c1c2c(c3c(ccc4cc(OC)ccc43)c1C)OCC=C2c1ccc(OC)cc1. The number of carbonyl (C=O) groups is 1. The van der Waals surface area contributed by atoms with E-state index in [1.54, 1.807) is 14.2 Å². The lowest BCUT2D eigenvalue weighted by Gasteiger charge is -2.26. The van der Waals surface area contributed by atoms with Gasteiger partial charge >= 0.3 is 5.97 Å². The molecule has 0 aromatic heterocycles. The van der Waals surface area contributed by atoms with Crippen molar-refractivity contribution in [2.75, 3.05) is 27.9 Å². The molecule has 5 nitrogen and oxygen atoms in total. The van der Waals surface area contributed by atoms with Crippen LogP contribution >= 0.6 is 0 Å². The molecule has 0 N–H and O–H groups in total. The van der Waals surface area contributed by atoms with E-state index in [9.17, 15) is 4.79 Å². The van der Waals surface area contributed by atoms with Gasteiger partial charge < -0.3 is 18.9 Å². The molecule has 4 aromatic carbocycles. The van der Waals surface area contributed by atoms with Crippen LogP contribution in [0.15, 0.2) is 60.7 Å². The van der Waals surface area contributed by atoms with Crippen LogP contribution in [0.3, 0.4) is 0 Å². The van der Waals surface area contributed by atoms with Gasteiger partial charge in [0.25, 0.3) is 0 Å². The van der Waals surface area contributed by atoms with Gasteiger partial charge in [-0.2, -0.15) is 0 Å². The van der Waals surface area contributed by atoms with Gasteiger partial charge in [-0.05, 0) is 76.2 Å². The minimum atomic E-state index is -0.384. The fourth-order valence-electron chi connectivity index (χ4n) is 4.65. The van der Waals surface area contributed by atoms with Crippen molar-refractivity contribution < 1.29 is 23.7 Å². The Hall–Kier alpha value is -3.99. The first-order chi connectivity index (χ1) is 16.1. The van der Waals surface area contributed by atoms with Crippen LogP contribution < -0.4 is 14.2 Å². The fourth-order valence-corrected chi connectivity index (χ4v) is 4.65. The number of carbonyl (C=O) groups excluding carboxylic acids is 1. The zero-order valence-electron chi connectivity index (χ0n) is 19.0. The normalized spacial score (nSPS) is 12.7. The second-order valence-electron chi connectivity index (χ2n) is 7.93. The Morgan fingerprint density at radius 3 is 2.27 bits per heavy atom. The summed E-state index contributed by atoms with van der Waals surface area (Å²) >= 11 is 0. The highest BCUT2D eigenvalue weighted by molar-refractivity contribution is 6.17. The third kappa shape index (κ3) is 3.28. The number of esters is 1. The Balaban J connectivity index is 1.88. The predicted octanol–water partition coefficient (Wildman–Crippen LogP) is 5.93. The first-order valence-corrected chi connectivity index (χ1v) is 10.7. The highest BCUT2D eigenvalue weighted by atomic mass is 16.5. The van der Waals surface area contributed by atoms with Gasteiger partial charge in [0, 0.05) is 10.9 Å². The molecule has 0 saturated carbocycles. The lowest BCUT2D eigenvalue weighted by Crippen LogP contribution is -2.15. The highest BCUT2D eigenvalue weighted by Gasteiger charge is 2.29. The Kier molecular flexibility index (Phi) is 5.17. The lowest BCUT2D eigenvalue weighted by atomic mass is 9.84. The van der Waals surface area contributed by atoms with Crippen LogP contribution in [0.1, 0.15) is 27.0 Å². The molecule has 0 radical (unpaired) electrons. The van der Waals surface area contributed by atoms with E-state index in [0.717, 1.165) is 55.3 Å². The molecule has 33 heavy (non-hydrogen) atoms. The summed E-state index contributed by atoms with van der Waals surface area (Å²) in [6.07, 6.45) is 2.01. The summed E-state index contributed by atoms with van der Waals surface area (Å²) in [6.45, 7) is 2.37. The van der Waals surface area contributed by atoms with Crippen LogP contribution in [0.2, 0.25) is 0 Å². The van der Waals surface area contributed by atoms with Gasteiger partial charge in [-0.25, -0.2) is 4.79 Å². The molecule has 0 unspecified atom stereocenters. The van der Waals surface area contributed by atoms with Crippen molar-refractivity contribution >= 4 is 33.1 Å². The molecule has 5 heteroatoms. The zero-order chi connectivity index (χ0) is 23.1. The number of rotatable bonds is 4. The lowest BCUT2D eigenvalue weighted by molar-refractivity contribution is 0.0599. The average Bonchev–Trinajstić information content (AvgIpc) is 2.87. The average molecular weight is 440 g/mol. The Morgan fingerprint density at radius 1 is 0.879 bits per heavy atom. The van der Waals surface area contributed by atoms with E-state index in [0.29, 0.717) is 17.9 Å². The summed E-state index contributed by atoms with van der Waals surface area (Å²) in [6, 6.07) is 17.9. The molecule has 4 aromatic rings. The van der Waals surface area contributed by atoms with Crippen molar-refractivity contribution in [2.24, 2.45) is 0 Å². The summed E-state index contributed by atoms with van der Waals surface area (Å²) < 4.78 is 22.2. The number of ether oxygens (including phenoxy) is 4. The smallest absolute Gasteiger partial charge is 0.338 e. The number of hydrogen-bond acceptors (Lipinski definition) is 5. The first kappa shape index (κ1) is 20.9. The molecule has 0 fully saturated rings. The number of methoxy groups -OCH3 is 3. The minimum absolute atomic E-state index is 0.384. The van der Waals surface area contributed by atoms with Gasteiger partial charge in [-0.3, -0.25) is 0 Å². The monoisotopic (exact) mass is 440 g/mol. The minimum Gasteiger partial charge on any atom is -0.497 e. The molecule has 1 heterocycles. The number of fused-ring (bicyclic) bond motifs is 5. The van der Waals surface area contributed by atoms with E-state index in [4.69, 9.17) is 18.9 Å². The molecule has 0 saturated heterocycles. The topological polar surface area (TPSA) is 54.0 Å². The van der Waals surface area contributed by atoms with Gasteiger partial charge in [-0.1, -0.05) is 24.3 Å². The van der Waals surface area contributed by atoms with E-state index in [2.05, 4.69) is 0 Å². The largest absolute Gasteiger partial charge is 0.497 e. The third-order valence-corrected chi connectivity index (χ3v) is 6.29. The van der Waals surface area contributed by atoms with Crippen LogP contribution in [0.4, 0.5) is 0 Å². The zero-order valence-corrected chi connectivity index (χ0v) is 19.0. The van der Waals surface area contributed by atoms with Crippen molar-refractivity contribution in [3.05, 3.63) is 82.9 Å². The molecular formula is C28H24O5. The summed E-state index contributed by atoms with van der Waals surface area (Å²) in [4.78, 5) is 13.0. The number of benzene rings is 4. The summed E-state index contributed by atoms with van der Waals surface area (Å²) in [7, 11) is 4.71. The second-order valence-corrected chi connectivity index (χ2v) is 7.93. The van der Waals surface area contributed by atoms with Crippen LogP contribution in [0.25, 0.3) is 27.1 Å². The van der Waals surface area contributed by atoms with Gasteiger partial charge in [0.05, 0.1) is 26.9 Å². The summed E-state index contributed by atoms with van der Waals surface area (Å²) in [5.41, 5.74) is 4.06. The van der Waals surface area contributed by atoms with Gasteiger partial charge in [0.2, 0.25) is 0 Å². The molecule has 0 amide bonds. The highest BCUT2D eigenvalue weighted by Crippen LogP contribution is 2.47. The molecular weight excluding hydrogens is 416 g/mol. The van der Waals surface area contributed by atoms with Crippen molar-refractivity contribution in [1.82, 2.24) is 0 Å². The quantitative estimate of drug-likeness (QED) is 0.291. The molecule has 0 spiro atoms. The molecule has 166 valence electrons.